The summed E-state index contributed by atoms with van der Waals surface area (Å²) < 4.78 is 0. The van der Waals surface area contributed by atoms with Crippen molar-refractivity contribution < 1.29 is 0 Å². The Hall–Kier alpha value is -0.120. The molecule has 0 aromatic carbocycles. The van der Waals surface area contributed by atoms with Crippen LogP contribution in [0.3, 0.4) is 0 Å². The molecule has 1 N–H and O–H groups in total. The van der Waals surface area contributed by atoms with E-state index in [-0.39, 0.29) is 0 Å². The van der Waals surface area contributed by atoms with Crippen LogP contribution in [0, 0.1) is 0 Å². The van der Waals surface area contributed by atoms with E-state index >= 15 is 0 Å². The monoisotopic (exact) mass is 223 g/mol. The molecule has 3 aliphatic rings. The van der Waals surface area contributed by atoms with Gasteiger partial charge in [-0.3, -0.25) is 9.80 Å². The fourth-order valence-corrected chi connectivity index (χ4v) is 3.95. The predicted octanol–water partition coefficient (Wildman–Crippen LogP) is 0.907. The van der Waals surface area contributed by atoms with Gasteiger partial charge in [-0.05, 0) is 45.8 Å². The molecule has 3 aliphatic heterocycles. The van der Waals surface area contributed by atoms with Crippen molar-refractivity contribution in [3.8, 4) is 0 Å². The van der Waals surface area contributed by atoms with Crippen LogP contribution in [-0.2, 0) is 0 Å². The molecule has 3 atom stereocenters. The molecule has 3 fully saturated rings. The van der Waals surface area contributed by atoms with Crippen molar-refractivity contribution in [1.29, 1.82) is 0 Å². The van der Waals surface area contributed by atoms with Gasteiger partial charge in [-0.2, -0.15) is 0 Å². The van der Waals surface area contributed by atoms with Gasteiger partial charge >= 0.3 is 0 Å². The second-order valence-electron chi connectivity index (χ2n) is 5.77. The topological polar surface area (TPSA) is 18.5 Å². The van der Waals surface area contributed by atoms with Crippen molar-refractivity contribution >= 4 is 0 Å². The van der Waals surface area contributed by atoms with Crippen molar-refractivity contribution in [1.82, 2.24) is 15.1 Å². The van der Waals surface area contributed by atoms with Crippen LogP contribution < -0.4 is 5.32 Å². The Morgan fingerprint density at radius 2 is 2.06 bits per heavy atom. The van der Waals surface area contributed by atoms with Gasteiger partial charge in [0.05, 0.1) is 0 Å². The van der Waals surface area contributed by atoms with Crippen LogP contribution in [-0.4, -0.2) is 61.2 Å². The minimum Gasteiger partial charge on any atom is -0.315 e. The third-order valence-corrected chi connectivity index (χ3v) is 4.95. The largest absolute Gasteiger partial charge is 0.315 e. The summed E-state index contributed by atoms with van der Waals surface area (Å²) in [7, 11) is 2.36. The number of nitrogens with zero attached hydrogens (tertiary/aromatic N) is 2. The zero-order valence-electron chi connectivity index (χ0n) is 10.5. The third kappa shape index (κ3) is 1.89. The second kappa shape index (κ2) is 4.63. The first-order chi connectivity index (χ1) is 7.86. The van der Waals surface area contributed by atoms with E-state index in [0.29, 0.717) is 0 Å². The molecular weight excluding hydrogens is 198 g/mol. The van der Waals surface area contributed by atoms with Crippen LogP contribution in [0.1, 0.15) is 32.1 Å². The van der Waals surface area contributed by atoms with E-state index in [1.54, 1.807) is 0 Å². The lowest BCUT2D eigenvalue weighted by Gasteiger charge is -2.38. The van der Waals surface area contributed by atoms with Crippen molar-refractivity contribution in [2.24, 2.45) is 0 Å². The van der Waals surface area contributed by atoms with E-state index in [0.717, 1.165) is 18.1 Å². The fourth-order valence-electron chi connectivity index (χ4n) is 3.95. The first-order valence-electron chi connectivity index (χ1n) is 7.03. The number of likely N-dealkylation sites (N-methyl/N-ethyl adjacent to an activating group) is 1. The lowest BCUT2D eigenvalue weighted by molar-refractivity contribution is 0.108. The summed E-state index contributed by atoms with van der Waals surface area (Å²) in [5.41, 5.74) is 0. The predicted molar refractivity (Wildman–Crippen MR) is 66.7 cm³/mol. The smallest absolute Gasteiger partial charge is 0.0264 e. The summed E-state index contributed by atoms with van der Waals surface area (Å²) in [6.45, 7) is 5.13. The lowest BCUT2D eigenvalue weighted by atomic mass is 9.97. The van der Waals surface area contributed by atoms with Crippen molar-refractivity contribution in [2.75, 3.05) is 33.2 Å². The van der Waals surface area contributed by atoms with Gasteiger partial charge in [-0.25, -0.2) is 0 Å². The fraction of sp³-hybridized carbons (Fsp3) is 1.00. The van der Waals surface area contributed by atoms with Crippen LogP contribution >= 0.6 is 0 Å². The molecule has 3 heteroatoms. The van der Waals surface area contributed by atoms with Gasteiger partial charge in [0, 0.05) is 31.2 Å². The Kier molecular flexibility index (Phi) is 3.18. The summed E-state index contributed by atoms with van der Waals surface area (Å²) in [4.78, 5) is 5.43. The SMILES string of the molecule is CN(C1CCNC1)C1CCN2CCCCC12. The van der Waals surface area contributed by atoms with E-state index in [2.05, 4.69) is 22.2 Å². The van der Waals surface area contributed by atoms with Crippen LogP contribution in [0.4, 0.5) is 0 Å². The Balaban J connectivity index is 1.65. The number of fused-ring (bicyclic) bond motifs is 1. The van der Waals surface area contributed by atoms with Crippen LogP contribution in [0.2, 0.25) is 0 Å². The summed E-state index contributed by atoms with van der Waals surface area (Å²) >= 11 is 0. The Morgan fingerprint density at radius 1 is 1.12 bits per heavy atom. The average Bonchev–Trinajstić information content (AvgIpc) is 2.98. The van der Waals surface area contributed by atoms with Crippen LogP contribution in [0.25, 0.3) is 0 Å². The number of hydrogen-bond donors (Lipinski definition) is 1. The molecule has 3 nitrogen and oxygen atoms in total. The molecule has 92 valence electrons. The van der Waals surface area contributed by atoms with Gasteiger partial charge in [0.2, 0.25) is 0 Å². The molecule has 0 saturated carbocycles. The van der Waals surface area contributed by atoms with E-state index in [1.807, 2.05) is 0 Å². The van der Waals surface area contributed by atoms with Gasteiger partial charge in [0.1, 0.15) is 0 Å². The standard InChI is InChI=1S/C13H25N3/c1-15(11-5-7-14-10-11)12-6-9-16-8-3-2-4-13(12)16/h11-14H,2-10H2,1H3. The quantitative estimate of drug-likeness (QED) is 0.750. The molecule has 0 spiro atoms. The maximum Gasteiger partial charge on any atom is 0.0264 e. The Morgan fingerprint density at radius 3 is 2.88 bits per heavy atom. The van der Waals surface area contributed by atoms with Gasteiger partial charge in [-0.15, -0.1) is 0 Å². The molecule has 3 rings (SSSR count). The van der Waals surface area contributed by atoms with Crippen LogP contribution in [0.5, 0.6) is 0 Å². The summed E-state index contributed by atoms with van der Waals surface area (Å²) in [5, 5.41) is 3.49. The van der Waals surface area contributed by atoms with Gasteiger partial charge < -0.3 is 5.32 Å². The number of nitrogens with one attached hydrogen (secondary N) is 1. The minimum atomic E-state index is 0.798. The van der Waals surface area contributed by atoms with E-state index < -0.39 is 0 Å². The molecule has 0 bridgehead atoms. The highest BCUT2D eigenvalue weighted by Gasteiger charge is 2.39. The van der Waals surface area contributed by atoms with Crippen molar-refractivity contribution in [3.63, 3.8) is 0 Å². The molecule has 0 aromatic rings. The molecule has 0 radical (unpaired) electrons. The van der Waals surface area contributed by atoms with E-state index in [9.17, 15) is 0 Å². The van der Waals surface area contributed by atoms with Gasteiger partial charge in [0.15, 0.2) is 0 Å². The maximum absolute atomic E-state index is 3.49. The third-order valence-electron chi connectivity index (χ3n) is 4.95. The Labute approximate surface area is 99.2 Å². The molecule has 3 unspecified atom stereocenters. The first-order valence-corrected chi connectivity index (χ1v) is 7.03. The lowest BCUT2D eigenvalue weighted by Crippen LogP contribution is -2.49. The molecule has 16 heavy (non-hydrogen) atoms. The number of hydrogen-bond acceptors (Lipinski definition) is 3. The van der Waals surface area contributed by atoms with Crippen LogP contribution in [0.15, 0.2) is 0 Å². The van der Waals surface area contributed by atoms with Gasteiger partial charge in [-0.1, -0.05) is 6.42 Å². The molecular formula is C13H25N3. The minimum absolute atomic E-state index is 0.798. The number of piperidine rings is 1. The molecule has 0 aromatic heterocycles. The Bertz CT molecular complexity index is 237. The van der Waals surface area contributed by atoms with Gasteiger partial charge in [0.25, 0.3) is 0 Å². The molecule has 0 amide bonds. The summed E-state index contributed by atoms with van der Waals surface area (Å²) in [6.07, 6.45) is 7.07. The second-order valence-corrected chi connectivity index (χ2v) is 5.77. The molecule has 3 heterocycles. The highest BCUT2D eigenvalue weighted by Crippen LogP contribution is 2.31. The average molecular weight is 223 g/mol. The van der Waals surface area contributed by atoms with E-state index in [1.165, 1.54) is 58.3 Å². The highest BCUT2D eigenvalue weighted by molar-refractivity contribution is 4.97. The summed E-state index contributed by atoms with van der Waals surface area (Å²) in [5.74, 6) is 0. The highest BCUT2D eigenvalue weighted by atomic mass is 15.3. The zero-order valence-corrected chi connectivity index (χ0v) is 10.5. The summed E-state index contributed by atoms with van der Waals surface area (Å²) in [6, 6.07) is 2.51. The molecule has 3 saturated heterocycles. The zero-order chi connectivity index (χ0) is 11.0. The number of rotatable bonds is 2. The van der Waals surface area contributed by atoms with Crippen molar-refractivity contribution in [2.45, 2.75) is 50.2 Å². The first kappa shape index (κ1) is 11.0. The van der Waals surface area contributed by atoms with Crippen molar-refractivity contribution in [3.05, 3.63) is 0 Å². The van der Waals surface area contributed by atoms with E-state index in [4.69, 9.17) is 0 Å². The normalized spacial score (nSPS) is 40.5. The molecule has 0 aliphatic carbocycles. The maximum atomic E-state index is 3.49.